The summed E-state index contributed by atoms with van der Waals surface area (Å²) in [6.45, 7) is 4.13. The fourth-order valence-electron chi connectivity index (χ4n) is 4.04. The van der Waals surface area contributed by atoms with Gasteiger partial charge in [0.15, 0.2) is 5.82 Å². The van der Waals surface area contributed by atoms with Crippen molar-refractivity contribution in [1.82, 2.24) is 30.2 Å². The maximum absolute atomic E-state index is 12.7. The standard InChI is InChI=1S/C24H20N6O2/c1-14-11-15(2)25-24-22(14)20(31)12-21(32)30(24)13-16-7-9-17(10-8-16)18-5-3-4-6-19(18)23-26-28-29-27-23/h3-12,31H,13H2,1-2H3,(H,26,27,28,29). The molecule has 3 heterocycles. The zero-order valence-corrected chi connectivity index (χ0v) is 17.6. The van der Waals surface area contributed by atoms with Crippen LogP contribution < -0.4 is 5.56 Å². The Kier molecular flexibility index (Phi) is 4.74. The number of aromatic hydroxyl groups is 1. The molecule has 2 aromatic carbocycles. The summed E-state index contributed by atoms with van der Waals surface area (Å²) in [5.74, 6) is 0.559. The van der Waals surface area contributed by atoms with Crippen molar-refractivity contribution in [3.63, 3.8) is 0 Å². The van der Waals surface area contributed by atoms with E-state index < -0.39 is 0 Å². The molecule has 0 unspecified atom stereocenters. The summed E-state index contributed by atoms with van der Waals surface area (Å²) in [7, 11) is 0. The molecule has 8 nitrogen and oxygen atoms in total. The van der Waals surface area contributed by atoms with Gasteiger partial charge in [0.2, 0.25) is 0 Å². The lowest BCUT2D eigenvalue weighted by Crippen LogP contribution is -2.21. The molecule has 8 heteroatoms. The number of tetrazole rings is 1. The average Bonchev–Trinajstić information content (AvgIpc) is 3.31. The van der Waals surface area contributed by atoms with Crippen LogP contribution in [0.2, 0.25) is 0 Å². The number of hydrogen-bond acceptors (Lipinski definition) is 6. The Balaban J connectivity index is 1.54. The van der Waals surface area contributed by atoms with Crippen molar-refractivity contribution in [2.24, 2.45) is 0 Å². The van der Waals surface area contributed by atoms with Gasteiger partial charge in [0.1, 0.15) is 11.4 Å². The highest BCUT2D eigenvalue weighted by Crippen LogP contribution is 2.30. The Labute approximate surface area is 183 Å². The normalized spacial score (nSPS) is 11.2. The van der Waals surface area contributed by atoms with E-state index in [1.54, 1.807) is 4.57 Å². The number of hydrogen-bond donors (Lipinski definition) is 2. The number of fused-ring (bicyclic) bond motifs is 1. The second-order valence-corrected chi connectivity index (χ2v) is 7.73. The topological polar surface area (TPSA) is 110 Å². The van der Waals surface area contributed by atoms with E-state index in [0.717, 1.165) is 33.5 Å². The number of benzene rings is 2. The second-order valence-electron chi connectivity index (χ2n) is 7.73. The van der Waals surface area contributed by atoms with Crippen molar-refractivity contribution in [3.05, 3.63) is 87.8 Å². The first-order chi connectivity index (χ1) is 15.5. The molecule has 0 fully saturated rings. The number of aromatic nitrogens is 6. The highest BCUT2D eigenvalue weighted by molar-refractivity contribution is 5.85. The summed E-state index contributed by atoms with van der Waals surface area (Å²) in [6, 6.07) is 19.0. The van der Waals surface area contributed by atoms with Crippen LogP contribution in [0.25, 0.3) is 33.5 Å². The zero-order chi connectivity index (χ0) is 22.2. The van der Waals surface area contributed by atoms with Crippen molar-refractivity contribution in [3.8, 4) is 28.3 Å². The van der Waals surface area contributed by atoms with Crippen molar-refractivity contribution in [2.45, 2.75) is 20.4 Å². The lowest BCUT2D eigenvalue weighted by molar-refractivity contribution is 0.478. The molecular weight excluding hydrogens is 404 g/mol. The minimum Gasteiger partial charge on any atom is -0.507 e. The molecule has 0 aliphatic rings. The first kappa shape index (κ1) is 19.6. The van der Waals surface area contributed by atoms with E-state index in [-0.39, 0.29) is 11.3 Å². The Bertz CT molecular complexity index is 1490. The lowest BCUT2D eigenvalue weighted by atomic mass is 9.98. The van der Waals surface area contributed by atoms with E-state index in [9.17, 15) is 9.90 Å². The van der Waals surface area contributed by atoms with Gasteiger partial charge in [-0.2, -0.15) is 0 Å². The summed E-state index contributed by atoms with van der Waals surface area (Å²) in [5.41, 5.74) is 5.73. The van der Waals surface area contributed by atoms with Crippen molar-refractivity contribution in [2.75, 3.05) is 0 Å². The fraction of sp³-hybridized carbons (Fsp3) is 0.125. The van der Waals surface area contributed by atoms with Gasteiger partial charge in [-0.05, 0) is 52.6 Å². The molecule has 0 amide bonds. The highest BCUT2D eigenvalue weighted by Gasteiger charge is 2.14. The summed E-state index contributed by atoms with van der Waals surface area (Å²) in [6.07, 6.45) is 0. The van der Waals surface area contributed by atoms with Crippen molar-refractivity contribution in [1.29, 1.82) is 0 Å². The van der Waals surface area contributed by atoms with Crippen molar-refractivity contribution < 1.29 is 5.11 Å². The van der Waals surface area contributed by atoms with Gasteiger partial charge >= 0.3 is 0 Å². The van der Waals surface area contributed by atoms with E-state index in [4.69, 9.17) is 0 Å². The van der Waals surface area contributed by atoms with E-state index in [0.29, 0.717) is 23.4 Å². The van der Waals surface area contributed by atoms with Gasteiger partial charge in [-0.15, -0.1) is 5.10 Å². The molecule has 2 N–H and O–H groups in total. The van der Waals surface area contributed by atoms with Gasteiger partial charge in [-0.1, -0.05) is 48.5 Å². The minimum atomic E-state index is -0.292. The third kappa shape index (κ3) is 3.41. The van der Waals surface area contributed by atoms with Gasteiger partial charge in [-0.3, -0.25) is 9.36 Å². The number of pyridine rings is 2. The molecular formula is C24H20N6O2. The average molecular weight is 424 g/mol. The maximum atomic E-state index is 12.7. The van der Waals surface area contributed by atoms with Gasteiger partial charge in [0.25, 0.3) is 5.56 Å². The van der Waals surface area contributed by atoms with Crippen molar-refractivity contribution >= 4 is 11.0 Å². The monoisotopic (exact) mass is 424 g/mol. The zero-order valence-electron chi connectivity index (χ0n) is 17.6. The number of rotatable bonds is 4. The van der Waals surface area contributed by atoms with Crippen LogP contribution in [-0.2, 0) is 6.54 Å². The largest absolute Gasteiger partial charge is 0.507 e. The van der Waals surface area contributed by atoms with Crippen LogP contribution in [0.5, 0.6) is 5.75 Å². The minimum absolute atomic E-state index is 0.0416. The number of nitrogens with zero attached hydrogens (tertiary/aromatic N) is 5. The van der Waals surface area contributed by atoms with Gasteiger partial charge < -0.3 is 5.11 Å². The van der Waals surface area contributed by atoms with E-state index >= 15 is 0 Å². The summed E-state index contributed by atoms with van der Waals surface area (Å²) in [5, 5.41) is 25.1. The Morgan fingerprint density at radius 2 is 1.75 bits per heavy atom. The molecule has 0 saturated heterocycles. The van der Waals surface area contributed by atoms with Crippen LogP contribution in [0.15, 0.2) is 65.5 Å². The molecule has 0 bridgehead atoms. The smallest absolute Gasteiger partial charge is 0.256 e. The molecule has 158 valence electrons. The summed E-state index contributed by atoms with van der Waals surface area (Å²) in [4.78, 5) is 17.2. The summed E-state index contributed by atoms with van der Waals surface area (Å²) >= 11 is 0. The number of aromatic amines is 1. The van der Waals surface area contributed by atoms with Crippen LogP contribution >= 0.6 is 0 Å². The Morgan fingerprint density at radius 3 is 2.47 bits per heavy atom. The molecule has 0 radical (unpaired) electrons. The predicted molar refractivity (Wildman–Crippen MR) is 121 cm³/mol. The summed E-state index contributed by atoms with van der Waals surface area (Å²) < 4.78 is 1.60. The predicted octanol–water partition coefficient (Wildman–Crippen LogP) is 3.61. The Hall–Kier alpha value is -4.33. The first-order valence-electron chi connectivity index (χ1n) is 10.1. The quantitative estimate of drug-likeness (QED) is 0.456. The molecule has 3 aromatic heterocycles. The molecule has 0 aliphatic carbocycles. The van der Waals surface area contributed by atoms with Crippen LogP contribution in [0, 0.1) is 13.8 Å². The van der Waals surface area contributed by atoms with E-state index in [1.807, 2.05) is 68.4 Å². The SMILES string of the molecule is Cc1cc(C)c2c(O)cc(=O)n(Cc3ccc(-c4ccccc4-c4nnn[nH]4)cc3)c2n1. The Morgan fingerprint density at radius 1 is 1.00 bits per heavy atom. The van der Waals surface area contributed by atoms with Crippen LogP contribution in [0.4, 0.5) is 0 Å². The third-order valence-corrected chi connectivity index (χ3v) is 5.50. The number of H-pyrrole nitrogens is 1. The fourth-order valence-corrected chi connectivity index (χ4v) is 4.04. The maximum Gasteiger partial charge on any atom is 0.256 e. The molecule has 0 atom stereocenters. The number of nitrogens with one attached hydrogen (secondary N) is 1. The van der Waals surface area contributed by atoms with Crippen LogP contribution in [0.1, 0.15) is 16.8 Å². The molecule has 0 spiro atoms. The lowest BCUT2D eigenvalue weighted by Gasteiger charge is -2.14. The molecule has 0 saturated carbocycles. The molecule has 5 rings (SSSR count). The first-order valence-corrected chi connectivity index (χ1v) is 10.1. The van der Waals surface area contributed by atoms with E-state index in [1.165, 1.54) is 6.07 Å². The third-order valence-electron chi connectivity index (χ3n) is 5.50. The van der Waals surface area contributed by atoms with E-state index in [2.05, 4.69) is 25.6 Å². The van der Waals surface area contributed by atoms with Gasteiger partial charge in [0.05, 0.1) is 11.9 Å². The van der Waals surface area contributed by atoms with Gasteiger partial charge in [-0.25, -0.2) is 10.1 Å². The molecule has 0 aliphatic heterocycles. The van der Waals surface area contributed by atoms with Crippen LogP contribution in [-0.4, -0.2) is 35.3 Å². The molecule has 32 heavy (non-hydrogen) atoms. The second kappa shape index (κ2) is 7.73. The number of aryl methyl sites for hydroxylation is 2. The van der Waals surface area contributed by atoms with Gasteiger partial charge in [0, 0.05) is 17.3 Å². The van der Waals surface area contributed by atoms with Crippen LogP contribution in [0.3, 0.4) is 0 Å². The highest BCUT2D eigenvalue weighted by atomic mass is 16.3. The molecule has 5 aromatic rings.